The molecule has 0 atom stereocenters. The normalized spacial score (nSPS) is 11.1. The van der Waals surface area contributed by atoms with Crippen LogP contribution in [0.3, 0.4) is 0 Å². The van der Waals surface area contributed by atoms with Gasteiger partial charge in [-0.3, -0.25) is 9.71 Å². The molecule has 7 nitrogen and oxygen atoms in total. The summed E-state index contributed by atoms with van der Waals surface area (Å²) in [6.45, 7) is 0. The Bertz CT molecular complexity index is 750. The van der Waals surface area contributed by atoms with Crippen molar-refractivity contribution in [2.45, 2.75) is 4.90 Å². The minimum absolute atomic E-state index is 0.0272. The molecule has 0 aliphatic heterocycles. The molecule has 20 heavy (non-hydrogen) atoms. The molecule has 104 valence electrons. The largest absolute Gasteiger partial charge is 0.478 e. The van der Waals surface area contributed by atoms with E-state index in [0.29, 0.717) is 0 Å². The summed E-state index contributed by atoms with van der Waals surface area (Å²) in [5.74, 6) is -1.29. The van der Waals surface area contributed by atoms with Crippen molar-refractivity contribution in [3.63, 3.8) is 0 Å². The Kier molecular flexibility index (Phi) is 3.86. The first kappa shape index (κ1) is 14.2. The zero-order valence-corrected chi connectivity index (χ0v) is 11.4. The molecular formula is C11H8ClN3O4S. The van der Waals surface area contributed by atoms with Crippen LogP contribution in [-0.4, -0.2) is 29.5 Å². The van der Waals surface area contributed by atoms with E-state index >= 15 is 0 Å². The van der Waals surface area contributed by atoms with Crippen LogP contribution in [-0.2, 0) is 10.0 Å². The van der Waals surface area contributed by atoms with Gasteiger partial charge in [-0.1, -0.05) is 11.6 Å². The molecular weight excluding hydrogens is 306 g/mol. The average molecular weight is 314 g/mol. The monoisotopic (exact) mass is 313 g/mol. The van der Waals surface area contributed by atoms with E-state index in [1.807, 2.05) is 0 Å². The van der Waals surface area contributed by atoms with Crippen LogP contribution < -0.4 is 4.72 Å². The first-order chi connectivity index (χ1) is 9.40. The van der Waals surface area contributed by atoms with Gasteiger partial charge in [0.15, 0.2) is 5.82 Å². The molecule has 0 aliphatic carbocycles. The summed E-state index contributed by atoms with van der Waals surface area (Å²) in [4.78, 5) is 18.2. The molecule has 0 aliphatic rings. The predicted octanol–water partition coefficient (Wildman–Crippen LogP) is 1.63. The topological polar surface area (TPSA) is 109 Å². The van der Waals surface area contributed by atoms with E-state index in [9.17, 15) is 13.2 Å². The molecule has 2 aromatic rings. The lowest BCUT2D eigenvalue weighted by atomic mass is 10.2. The molecule has 0 radical (unpaired) electrons. The number of nitrogens with one attached hydrogen (secondary N) is 1. The van der Waals surface area contributed by atoms with Crippen LogP contribution >= 0.6 is 11.6 Å². The van der Waals surface area contributed by atoms with Crippen molar-refractivity contribution in [2.75, 3.05) is 4.72 Å². The second kappa shape index (κ2) is 5.43. The van der Waals surface area contributed by atoms with Gasteiger partial charge in [-0.15, -0.1) is 0 Å². The Labute approximate surface area is 119 Å². The number of anilines is 1. The molecule has 1 aromatic heterocycles. The number of carboxylic acids is 1. The number of rotatable bonds is 4. The van der Waals surface area contributed by atoms with E-state index in [0.717, 1.165) is 6.07 Å². The van der Waals surface area contributed by atoms with Crippen molar-refractivity contribution in [3.8, 4) is 0 Å². The highest BCUT2D eigenvalue weighted by Crippen LogP contribution is 2.21. The molecule has 0 fully saturated rings. The number of hydrogen-bond donors (Lipinski definition) is 2. The van der Waals surface area contributed by atoms with Gasteiger partial charge in [0.2, 0.25) is 0 Å². The quantitative estimate of drug-likeness (QED) is 0.887. The summed E-state index contributed by atoms with van der Waals surface area (Å²) in [6.07, 6.45) is 3.94. The summed E-state index contributed by atoms with van der Waals surface area (Å²) >= 11 is 5.68. The van der Waals surface area contributed by atoms with Crippen LogP contribution in [0, 0.1) is 0 Å². The van der Waals surface area contributed by atoms with Gasteiger partial charge in [0.1, 0.15) is 0 Å². The Morgan fingerprint density at radius 3 is 2.65 bits per heavy atom. The van der Waals surface area contributed by atoms with Crippen LogP contribution in [0.4, 0.5) is 5.82 Å². The molecule has 2 N–H and O–H groups in total. The standard InChI is InChI=1S/C11H8ClN3O4S/c12-9-2-1-7(5-8(9)11(16)17)20(18,19)15-10-6-13-3-4-14-10/h1-6H,(H,14,15)(H,16,17). The van der Waals surface area contributed by atoms with E-state index in [2.05, 4.69) is 14.7 Å². The zero-order valence-electron chi connectivity index (χ0n) is 9.82. The van der Waals surface area contributed by atoms with Gasteiger partial charge in [-0.25, -0.2) is 18.2 Å². The number of benzene rings is 1. The highest BCUT2D eigenvalue weighted by atomic mass is 35.5. The van der Waals surface area contributed by atoms with Crippen molar-refractivity contribution in [2.24, 2.45) is 0 Å². The van der Waals surface area contributed by atoms with Gasteiger partial charge < -0.3 is 5.11 Å². The number of sulfonamides is 1. The van der Waals surface area contributed by atoms with Gasteiger partial charge in [-0.2, -0.15) is 0 Å². The fourth-order valence-electron chi connectivity index (χ4n) is 1.38. The fourth-order valence-corrected chi connectivity index (χ4v) is 2.60. The molecule has 2 rings (SSSR count). The summed E-state index contributed by atoms with van der Waals surface area (Å²) in [7, 11) is -3.96. The highest BCUT2D eigenvalue weighted by Gasteiger charge is 2.18. The first-order valence-corrected chi connectivity index (χ1v) is 7.08. The fraction of sp³-hybridized carbons (Fsp3) is 0. The van der Waals surface area contributed by atoms with Crippen molar-refractivity contribution < 1.29 is 18.3 Å². The van der Waals surface area contributed by atoms with Crippen molar-refractivity contribution in [1.29, 1.82) is 0 Å². The molecule has 0 saturated heterocycles. The average Bonchev–Trinajstić information content (AvgIpc) is 2.39. The number of carbonyl (C=O) groups is 1. The summed E-state index contributed by atoms with van der Waals surface area (Å²) in [5, 5.41) is 8.88. The number of halogens is 1. The maximum absolute atomic E-state index is 12.1. The Morgan fingerprint density at radius 2 is 2.05 bits per heavy atom. The van der Waals surface area contributed by atoms with Crippen LogP contribution in [0.2, 0.25) is 5.02 Å². The van der Waals surface area contributed by atoms with Crippen LogP contribution in [0.15, 0.2) is 41.7 Å². The third kappa shape index (κ3) is 3.03. The molecule has 0 saturated carbocycles. The van der Waals surface area contributed by atoms with E-state index in [1.165, 1.54) is 30.7 Å². The van der Waals surface area contributed by atoms with Crippen LogP contribution in [0.5, 0.6) is 0 Å². The SMILES string of the molecule is O=C(O)c1cc(S(=O)(=O)Nc2cnccn2)ccc1Cl. The van der Waals surface area contributed by atoms with E-state index in [4.69, 9.17) is 16.7 Å². The lowest BCUT2D eigenvalue weighted by Gasteiger charge is -2.08. The van der Waals surface area contributed by atoms with Gasteiger partial charge in [0.05, 0.1) is 21.7 Å². The molecule has 0 unspecified atom stereocenters. The van der Waals surface area contributed by atoms with Gasteiger partial charge >= 0.3 is 5.97 Å². The molecule has 1 heterocycles. The Morgan fingerprint density at radius 1 is 1.30 bits per heavy atom. The molecule has 1 aromatic carbocycles. The van der Waals surface area contributed by atoms with Gasteiger partial charge in [-0.05, 0) is 18.2 Å². The first-order valence-electron chi connectivity index (χ1n) is 5.22. The summed E-state index contributed by atoms with van der Waals surface area (Å²) in [6, 6.07) is 3.38. The zero-order chi connectivity index (χ0) is 14.8. The summed E-state index contributed by atoms with van der Waals surface area (Å²) < 4.78 is 26.3. The van der Waals surface area contributed by atoms with Gasteiger partial charge in [0.25, 0.3) is 10.0 Å². The molecule has 0 amide bonds. The van der Waals surface area contributed by atoms with Gasteiger partial charge in [0, 0.05) is 12.4 Å². The lowest BCUT2D eigenvalue weighted by molar-refractivity contribution is 0.0697. The van der Waals surface area contributed by atoms with Crippen molar-refractivity contribution in [1.82, 2.24) is 9.97 Å². The Hall–Kier alpha value is -2.19. The lowest BCUT2D eigenvalue weighted by Crippen LogP contribution is -2.14. The van der Waals surface area contributed by atoms with Crippen LogP contribution in [0.1, 0.15) is 10.4 Å². The molecule has 9 heteroatoms. The maximum Gasteiger partial charge on any atom is 0.337 e. The van der Waals surface area contributed by atoms with Crippen LogP contribution in [0.25, 0.3) is 0 Å². The van der Waals surface area contributed by atoms with Crippen molar-refractivity contribution >= 4 is 33.4 Å². The third-order valence-electron chi connectivity index (χ3n) is 2.28. The second-order valence-electron chi connectivity index (χ2n) is 3.64. The predicted molar refractivity (Wildman–Crippen MR) is 71.3 cm³/mol. The highest BCUT2D eigenvalue weighted by molar-refractivity contribution is 7.92. The second-order valence-corrected chi connectivity index (χ2v) is 5.73. The minimum atomic E-state index is -3.96. The number of hydrogen-bond acceptors (Lipinski definition) is 5. The number of aromatic carboxylic acids is 1. The van der Waals surface area contributed by atoms with E-state index < -0.39 is 16.0 Å². The number of nitrogens with zero attached hydrogens (tertiary/aromatic N) is 2. The van der Waals surface area contributed by atoms with Crippen molar-refractivity contribution in [3.05, 3.63) is 47.4 Å². The Balaban J connectivity index is 2.40. The molecule has 0 bridgehead atoms. The maximum atomic E-state index is 12.1. The van der Waals surface area contributed by atoms with E-state index in [-0.39, 0.29) is 21.3 Å². The van der Waals surface area contributed by atoms with E-state index in [1.54, 1.807) is 0 Å². The smallest absolute Gasteiger partial charge is 0.337 e. The number of aromatic nitrogens is 2. The molecule has 0 spiro atoms. The summed E-state index contributed by atoms with van der Waals surface area (Å²) in [5.41, 5.74) is -0.298. The minimum Gasteiger partial charge on any atom is -0.478 e. The number of carboxylic acid groups (broad SMARTS) is 1. The third-order valence-corrected chi connectivity index (χ3v) is 3.96.